The Morgan fingerprint density at radius 1 is 1.31 bits per heavy atom. The van der Waals surface area contributed by atoms with Gasteiger partial charge in [-0.3, -0.25) is 5.01 Å². The molecule has 0 bridgehead atoms. The lowest BCUT2D eigenvalue weighted by Crippen LogP contribution is -2.52. The van der Waals surface area contributed by atoms with Gasteiger partial charge in [0.2, 0.25) is 0 Å². The molecule has 0 unspecified atom stereocenters. The second kappa shape index (κ2) is 4.77. The molecule has 0 aromatic carbocycles. The Bertz CT molecular complexity index is 157. The van der Waals surface area contributed by atoms with Gasteiger partial charge >= 0.3 is 0 Å². The van der Waals surface area contributed by atoms with Gasteiger partial charge in [0.05, 0.1) is 0 Å². The van der Waals surface area contributed by atoms with Crippen LogP contribution < -0.4 is 5.43 Å². The van der Waals surface area contributed by atoms with E-state index in [9.17, 15) is 0 Å². The molecular weight excluding hydrogens is 160 g/mol. The fourth-order valence-corrected chi connectivity index (χ4v) is 2.34. The van der Waals surface area contributed by atoms with Crippen molar-refractivity contribution in [3.8, 4) is 0 Å². The van der Waals surface area contributed by atoms with Gasteiger partial charge in [0.25, 0.3) is 0 Å². The van der Waals surface area contributed by atoms with E-state index < -0.39 is 0 Å². The third-order valence-corrected chi connectivity index (χ3v) is 2.81. The first kappa shape index (κ1) is 10.7. The van der Waals surface area contributed by atoms with Gasteiger partial charge in [-0.2, -0.15) is 0 Å². The summed E-state index contributed by atoms with van der Waals surface area (Å²) in [6.07, 6.45) is 9.82. The molecular formula is C11H22N2. The summed E-state index contributed by atoms with van der Waals surface area (Å²) in [5, 5.41) is 2.08. The molecule has 1 aliphatic rings. The van der Waals surface area contributed by atoms with Crippen molar-refractivity contribution < 1.29 is 0 Å². The van der Waals surface area contributed by atoms with Crippen LogP contribution in [-0.4, -0.2) is 24.6 Å². The number of hydrogen-bond acceptors (Lipinski definition) is 2. The molecule has 0 atom stereocenters. The Morgan fingerprint density at radius 3 is 2.38 bits per heavy atom. The van der Waals surface area contributed by atoms with Crippen LogP contribution in [0.25, 0.3) is 0 Å². The fourth-order valence-electron chi connectivity index (χ4n) is 2.34. The lowest BCUT2D eigenvalue weighted by atomic mass is 9.80. The van der Waals surface area contributed by atoms with Crippen molar-refractivity contribution in [2.24, 2.45) is 0 Å². The molecule has 0 saturated heterocycles. The average Bonchev–Trinajstić information content (AvgIpc) is 2.04. The Hall–Kier alpha value is -0.340. The van der Waals surface area contributed by atoms with Gasteiger partial charge < -0.3 is 0 Å². The number of hydrazine groups is 1. The van der Waals surface area contributed by atoms with Gasteiger partial charge in [0, 0.05) is 19.6 Å². The monoisotopic (exact) mass is 182 g/mol. The number of nitrogens with zero attached hydrogens (tertiary/aromatic N) is 1. The molecule has 1 N–H and O–H groups in total. The second-order valence-electron chi connectivity index (χ2n) is 4.34. The van der Waals surface area contributed by atoms with E-state index in [1.165, 1.54) is 32.1 Å². The van der Waals surface area contributed by atoms with Gasteiger partial charge in [-0.15, -0.1) is 6.58 Å². The van der Waals surface area contributed by atoms with E-state index in [0.717, 1.165) is 6.42 Å². The zero-order valence-electron chi connectivity index (χ0n) is 8.97. The SMILES string of the molecule is C=CCC1(NN(C)C)CCCCC1. The molecule has 0 aliphatic heterocycles. The van der Waals surface area contributed by atoms with Crippen molar-refractivity contribution in [1.82, 2.24) is 10.4 Å². The maximum atomic E-state index is 3.85. The third kappa shape index (κ3) is 3.12. The Balaban J connectivity index is 2.55. The van der Waals surface area contributed by atoms with Crippen LogP contribution in [0.4, 0.5) is 0 Å². The van der Waals surface area contributed by atoms with Crippen molar-refractivity contribution in [2.75, 3.05) is 14.1 Å². The third-order valence-electron chi connectivity index (χ3n) is 2.81. The maximum Gasteiger partial charge on any atom is 0.0360 e. The van der Waals surface area contributed by atoms with Crippen LogP contribution in [0.1, 0.15) is 38.5 Å². The maximum absolute atomic E-state index is 3.85. The summed E-state index contributed by atoms with van der Waals surface area (Å²) in [4.78, 5) is 0. The van der Waals surface area contributed by atoms with Crippen molar-refractivity contribution >= 4 is 0 Å². The van der Waals surface area contributed by atoms with Crippen LogP contribution >= 0.6 is 0 Å². The minimum absolute atomic E-state index is 0.309. The van der Waals surface area contributed by atoms with Crippen LogP contribution in [0.15, 0.2) is 12.7 Å². The van der Waals surface area contributed by atoms with Gasteiger partial charge in [0.15, 0.2) is 0 Å². The summed E-state index contributed by atoms with van der Waals surface area (Å²) >= 11 is 0. The molecule has 0 amide bonds. The molecule has 2 nitrogen and oxygen atoms in total. The minimum atomic E-state index is 0.309. The largest absolute Gasteiger partial charge is 0.250 e. The van der Waals surface area contributed by atoms with Crippen LogP contribution in [0.5, 0.6) is 0 Å². The number of nitrogens with one attached hydrogen (secondary N) is 1. The van der Waals surface area contributed by atoms with Crippen LogP contribution in [-0.2, 0) is 0 Å². The van der Waals surface area contributed by atoms with Gasteiger partial charge in [-0.1, -0.05) is 25.3 Å². The van der Waals surface area contributed by atoms with Crippen molar-refractivity contribution in [2.45, 2.75) is 44.1 Å². The highest BCUT2D eigenvalue weighted by Gasteiger charge is 2.30. The molecule has 0 aromatic heterocycles. The highest BCUT2D eigenvalue weighted by atomic mass is 15.5. The standard InChI is InChI=1S/C11H22N2/c1-4-8-11(12-13(2)3)9-6-5-7-10-11/h4,12H,1,5-10H2,2-3H3. The molecule has 1 fully saturated rings. The summed E-state index contributed by atoms with van der Waals surface area (Å²) in [5.41, 5.74) is 3.87. The van der Waals surface area contributed by atoms with E-state index in [1.807, 2.05) is 6.08 Å². The lowest BCUT2D eigenvalue weighted by molar-refractivity contribution is 0.119. The van der Waals surface area contributed by atoms with E-state index in [0.29, 0.717) is 5.54 Å². The van der Waals surface area contributed by atoms with Crippen molar-refractivity contribution in [3.05, 3.63) is 12.7 Å². The molecule has 1 rings (SSSR count). The molecule has 0 radical (unpaired) electrons. The van der Waals surface area contributed by atoms with Crippen LogP contribution in [0, 0.1) is 0 Å². The first-order valence-corrected chi connectivity index (χ1v) is 5.25. The summed E-state index contributed by atoms with van der Waals surface area (Å²) in [7, 11) is 4.14. The topological polar surface area (TPSA) is 15.3 Å². The predicted octanol–water partition coefficient (Wildman–Crippen LogP) is 2.33. The fraction of sp³-hybridized carbons (Fsp3) is 0.818. The minimum Gasteiger partial charge on any atom is -0.250 e. The second-order valence-corrected chi connectivity index (χ2v) is 4.34. The van der Waals surface area contributed by atoms with E-state index in [-0.39, 0.29) is 0 Å². The highest BCUT2D eigenvalue weighted by molar-refractivity contribution is 4.94. The molecule has 0 aromatic rings. The first-order chi connectivity index (χ1) is 6.18. The zero-order chi connectivity index (χ0) is 9.73. The summed E-state index contributed by atoms with van der Waals surface area (Å²) < 4.78 is 0. The summed E-state index contributed by atoms with van der Waals surface area (Å²) in [6.45, 7) is 3.85. The van der Waals surface area contributed by atoms with Crippen molar-refractivity contribution in [3.63, 3.8) is 0 Å². The number of hydrogen-bond donors (Lipinski definition) is 1. The molecule has 1 aliphatic carbocycles. The van der Waals surface area contributed by atoms with E-state index in [4.69, 9.17) is 0 Å². The molecule has 13 heavy (non-hydrogen) atoms. The summed E-state index contributed by atoms with van der Waals surface area (Å²) in [5.74, 6) is 0. The highest BCUT2D eigenvalue weighted by Crippen LogP contribution is 2.31. The van der Waals surface area contributed by atoms with Gasteiger partial charge in [-0.25, -0.2) is 5.43 Å². The van der Waals surface area contributed by atoms with Crippen molar-refractivity contribution in [1.29, 1.82) is 0 Å². The van der Waals surface area contributed by atoms with Crippen LogP contribution in [0.2, 0.25) is 0 Å². The molecule has 0 spiro atoms. The number of rotatable bonds is 4. The Kier molecular flexibility index (Phi) is 3.94. The molecule has 0 heterocycles. The normalized spacial score (nSPS) is 21.8. The molecule has 1 saturated carbocycles. The lowest BCUT2D eigenvalue weighted by Gasteiger charge is -2.39. The molecule has 2 heteroatoms. The summed E-state index contributed by atoms with van der Waals surface area (Å²) in [6, 6.07) is 0. The Labute approximate surface area is 82.0 Å². The first-order valence-electron chi connectivity index (χ1n) is 5.25. The van der Waals surface area contributed by atoms with Gasteiger partial charge in [0.1, 0.15) is 0 Å². The van der Waals surface area contributed by atoms with Crippen LogP contribution in [0.3, 0.4) is 0 Å². The zero-order valence-corrected chi connectivity index (χ0v) is 8.97. The smallest absolute Gasteiger partial charge is 0.0360 e. The molecule has 76 valence electrons. The Morgan fingerprint density at radius 2 is 1.92 bits per heavy atom. The average molecular weight is 182 g/mol. The van der Waals surface area contributed by atoms with E-state index >= 15 is 0 Å². The quantitative estimate of drug-likeness (QED) is 0.530. The van der Waals surface area contributed by atoms with E-state index in [2.05, 4.69) is 31.1 Å². The van der Waals surface area contributed by atoms with E-state index in [1.54, 1.807) is 0 Å². The van der Waals surface area contributed by atoms with Gasteiger partial charge in [-0.05, 0) is 19.3 Å². The predicted molar refractivity (Wildman–Crippen MR) is 57.5 cm³/mol.